The van der Waals surface area contributed by atoms with Crippen LogP contribution in [0.2, 0.25) is 0 Å². The lowest BCUT2D eigenvalue weighted by Gasteiger charge is -2.30. The molecule has 0 aromatic heterocycles. The Balaban J connectivity index is 2.26. The molecule has 1 aliphatic rings. The monoisotopic (exact) mass is 258 g/mol. The van der Waals surface area contributed by atoms with E-state index in [0.717, 1.165) is 25.0 Å². The third-order valence-electron chi connectivity index (χ3n) is 3.01. The minimum Gasteiger partial charge on any atom is -0.337 e. The summed E-state index contributed by atoms with van der Waals surface area (Å²) in [4.78, 5) is 13.3. The van der Waals surface area contributed by atoms with Gasteiger partial charge in [0, 0.05) is 19.1 Å². The Morgan fingerprint density at radius 1 is 1.28 bits per heavy atom. The molecule has 1 fully saturated rings. The van der Waals surface area contributed by atoms with Crippen molar-refractivity contribution >= 4 is 5.91 Å². The Labute approximate surface area is 102 Å². The predicted octanol–water partition coefficient (Wildman–Crippen LogP) is 1.67. The predicted molar refractivity (Wildman–Crippen MR) is 59.4 cm³/mol. The molecule has 1 atom stereocenters. The molecule has 0 bridgehead atoms. The Hall–Kier alpha value is -1.56. The normalized spacial score (nSPS) is 20.0. The fourth-order valence-electron chi connectivity index (χ4n) is 2.06. The molecule has 2 rings (SSSR count). The van der Waals surface area contributed by atoms with Gasteiger partial charge >= 0.3 is 0 Å². The van der Waals surface area contributed by atoms with Gasteiger partial charge < -0.3 is 10.6 Å². The molecule has 0 saturated carbocycles. The third kappa shape index (κ3) is 2.33. The smallest absolute Gasteiger partial charge is 0.256 e. The van der Waals surface area contributed by atoms with Crippen molar-refractivity contribution in [1.82, 2.24) is 4.90 Å². The lowest BCUT2D eigenvalue weighted by molar-refractivity contribution is 0.0702. The van der Waals surface area contributed by atoms with E-state index in [0.29, 0.717) is 13.1 Å². The van der Waals surface area contributed by atoms with Crippen molar-refractivity contribution < 1.29 is 18.0 Å². The standard InChI is InChI=1S/C12H13F3N2O/c13-9-4-3-8(10(14)11(9)15)12(18)17-5-1-2-7(16)6-17/h3-4,7H,1-2,5-6,16H2. The van der Waals surface area contributed by atoms with E-state index in [2.05, 4.69) is 0 Å². The molecule has 2 N–H and O–H groups in total. The number of hydrogen-bond acceptors (Lipinski definition) is 2. The number of piperidine rings is 1. The van der Waals surface area contributed by atoms with Crippen LogP contribution in [0.4, 0.5) is 13.2 Å². The van der Waals surface area contributed by atoms with E-state index in [1.165, 1.54) is 4.90 Å². The largest absolute Gasteiger partial charge is 0.337 e. The van der Waals surface area contributed by atoms with E-state index in [-0.39, 0.29) is 6.04 Å². The van der Waals surface area contributed by atoms with Crippen LogP contribution < -0.4 is 5.73 Å². The van der Waals surface area contributed by atoms with Crippen LogP contribution in [0.25, 0.3) is 0 Å². The second-order valence-electron chi connectivity index (χ2n) is 4.38. The highest BCUT2D eigenvalue weighted by molar-refractivity contribution is 5.94. The van der Waals surface area contributed by atoms with E-state index < -0.39 is 28.9 Å². The summed E-state index contributed by atoms with van der Waals surface area (Å²) in [5.74, 6) is -5.03. The molecule has 1 amide bonds. The fraction of sp³-hybridized carbons (Fsp3) is 0.417. The van der Waals surface area contributed by atoms with Crippen LogP contribution in [0, 0.1) is 17.5 Å². The van der Waals surface area contributed by atoms with Crippen molar-refractivity contribution in [2.45, 2.75) is 18.9 Å². The second kappa shape index (κ2) is 4.97. The average Bonchev–Trinajstić information content (AvgIpc) is 2.35. The fourth-order valence-corrected chi connectivity index (χ4v) is 2.06. The van der Waals surface area contributed by atoms with Crippen molar-refractivity contribution in [3.8, 4) is 0 Å². The number of rotatable bonds is 1. The average molecular weight is 258 g/mol. The zero-order valence-corrected chi connectivity index (χ0v) is 9.63. The first-order valence-electron chi connectivity index (χ1n) is 5.69. The summed E-state index contributed by atoms with van der Waals surface area (Å²) in [7, 11) is 0. The first-order chi connectivity index (χ1) is 8.50. The molecule has 1 saturated heterocycles. The molecule has 18 heavy (non-hydrogen) atoms. The number of hydrogen-bond donors (Lipinski definition) is 1. The SMILES string of the molecule is NC1CCCN(C(=O)c2ccc(F)c(F)c2F)C1. The van der Waals surface area contributed by atoms with Crippen molar-refractivity contribution in [2.24, 2.45) is 5.73 Å². The molecule has 3 nitrogen and oxygen atoms in total. The van der Waals surface area contributed by atoms with Crippen LogP contribution in [0.1, 0.15) is 23.2 Å². The first kappa shape index (κ1) is 12.9. The summed E-state index contributed by atoms with van der Waals surface area (Å²) in [5.41, 5.74) is 5.26. The molecule has 1 aromatic rings. The van der Waals surface area contributed by atoms with Crippen molar-refractivity contribution in [1.29, 1.82) is 0 Å². The summed E-state index contributed by atoms with van der Waals surface area (Å²) in [5, 5.41) is 0. The third-order valence-corrected chi connectivity index (χ3v) is 3.01. The van der Waals surface area contributed by atoms with Gasteiger partial charge in [-0.2, -0.15) is 0 Å². The van der Waals surface area contributed by atoms with Crippen molar-refractivity contribution in [3.63, 3.8) is 0 Å². The maximum absolute atomic E-state index is 13.5. The van der Waals surface area contributed by atoms with Crippen molar-refractivity contribution in [2.75, 3.05) is 13.1 Å². The van der Waals surface area contributed by atoms with E-state index in [4.69, 9.17) is 5.73 Å². The number of nitrogens with two attached hydrogens (primary N) is 1. The highest BCUT2D eigenvalue weighted by Crippen LogP contribution is 2.19. The van der Waals surface area contributed by atoms with Gasteiger partial charge in [-0.25, -0.2) is 13.2 Å². The summed E-state index contributed by atoms with van der Waals surface area (Å²) in [6, 6.07) is 1.54. The maximum atomic E-state index is 13.5. The highest BCUT2D eigenvalue weighted by atomic mass is 19.2. The number of carbonyl (C=O) groups excluding carboxylic acids is 1. The van der Waals surface area contributed by atoms with Gasteiger partial charge in [0.15, 0.2) is 17.5 Å². The molecule has 1 unspecified atom stereocenters. The van der Waals surface area contributed by atoms with Crippen LogP contribution in [0.5, 0.6) is 0 Å². The van der Waals surface area contributed by atoms with Gasteiger partial charge in [-0.15, -0.1) is 0 Å². The van der Waals surface area contributed by atoms with Gasteiger partial charge in [0.25, 0.3) is 5.91 Å². The molecule has 98 valence electrons. The molecular weight excluding hydrogens is 245 g/mol. The van der Waals surface area contributed by atoms with Gasteiger partial charge in [0.05, 0.1) is 5.56 Å². The zero-order valence-electron chi connectivity index (χ0n) is 9.63. The zero-order chi connectivity index (χ0) is 13.3. The topological polar surface area (TPSA) is 46.3 Å². The van der Waals surface area contributed by atoms with Crippen LogP contribution in [-0.4, -0.2) is 29.9 Å². The van der Waals surface area contributed by atoms with Gasteiger partial charge in [-0.1, -0.05) is 0 Å². The minimum atomic E-state index is -1.62. The number of nitrogens with zero attached hydrogens (tertiary/aromatic N) is 1. The van der Waals surface area contributed by atoms with Crippen LogP contribution in [-0.2, 0) is 0 Å². The Kier molecular flexibility index (Phi) is 3.56. The van der Waals surface area contributed by atoms with Crippen LogP contribution in [0.3, 0.4) is 0 Å². The lowest BCUT2D eigenvalue weighted by atomic mass is 10.0. The summed E-state index contributed by atoms with van der Waals surface area (Å²) < 4.78 is 39.3. The van der Waals surface area contributed by atoms with Gasteiger partial charge in [-0.3, -0.25) is 4.79 Å². The van der Waals surface area contributed by atoms with E-state index in [1.54, 1.807) is 0 Å². The number of halogens is 3. The number of carbonyl (C=O) groups is 1. The Morgan fingerprint density at radius 3 is 2.67 bits per heavy atom. The molecule has 6 heteroatoms. The number of benzene rings is 1. The van der Waals surface area contributed by atoms with E-state index in [9.17, 15) is 18.0 Å². The molecule has 1 aliphatic heterocycles. The van der Waals surface area contributed by atoms with Gasteiger partial charge in [-0.05, 0) is 25.0 Å². The first-order valence-corrected chi connectivity index (χ1v) is 5.69. The van der Waals surface area contributed by atoms with Crippen LogP contribution in [0.15, 0.2) is 12.1 Å². The van der Waals surface area contributed by atoms with Gasteiger partial charge in [0.2, 0.25) is 0 Å². The summed E-state index contributed by atoms with van der Waals surface area (Å²) in [6.45, 7) is 0.752. The Bertz CT molecular complexity index is 479. The molecule has 0 spiro atoms. The molecule has 1 heterocycles. The molecular formula is C12H13F3N2O. The molecule has 0 aliphatic carbocycles. The maximum Gasteiger partial charge on any atom is 0.256 e. The number of amides is 1. The number of likely N-dealkylation sites (tertiary alicyclic amines) is 1. The molecule has 0 radical (unpaired) electrons. The summed E-state index contributed by atoms with van der Waals surface area (Å²) >= 11 is 0. The van der Waals surface area contributed by atoms with Crippen molar-refractivity contribution in [3.05, 3.63) is 35.1 Å². The van der Waals surface area contributed by atoms with E-state index >= 15 is 0 Å². The lowest BCUT2D eigenvalue weighted by Crippen LogP contribution is -2.46. The van der Waals surface area contributed by atoms with Crippen LogP contribution >= 0.6 is 0 Å². The minimum absolute atomic E-state index is 0.156. The quantitative estimate of drug-likeness (QED) is 0.779. The molecule has 1 aromatic carbocycles. The second-order valence-corrected chi connectivity index (χ2v) is 4.38. The summed E-state index contributed by atoms with van der Waals surface area (Å²) in [6.07, 6.45) is 1.52. The highest BCUT2D eigenvalue weighted by Gasteiger charge is 2.26. The van der Waals surface area contributed by atoms with E-state index in [1.807, 2.05) is 0 Å². The van der Waals surface area contributed by atoms with Gasteiger partial charge in [0.1, 0.15) is 0 Å². The Morgan fingerprint density at radius 2 is 2.00 bits per heavy atom.